The SMILES string of the molecule is Cc1c(C(=O)NC2CCCNC2C)cnn1Cc1ccccc1. The Hall–Kier alpha value is -2.14. The zero-order valence-corrected chi connectivity index (χ0v) is 13.7. The molecule has 0 saturated carbocycles. The van der Waals surface area contributed by atoms with Gasteiger partial charge in [-0.15, -0.1) is 0 Å². The Balaban J connectivity index is 1.69. The first-order chi connectivity index (χ1) is 11.1. The van der Waals surface area contributed by atoms with Gasteiger partial charge >= 0.3 is 0 Å². The number of rotatable bonds is 4. The van der Waals surface area contributed by atoms with Crippen LogP contribution in [0.3, 0.4) is 0 Å². The smallest absolute Gasteiger partial charge is 0.255 e. The second-order valence-corrected chi connectivity index (χ2v) is 6.25. The molecule has 2 heterocycles. The highest BCUT2D eigenvalue weighted by molar-refractivity contribution is 5.95. The fourth-order valence-corrected chi connectivity index (χ4v) is 3.07. The molecule has 1 aromatic carbocycles. The van der Waals surface area contributed by atoms with Gasteiger partial charge in [0, 0.05) is 17.8 Å². The van der Waals surface area contributed by atoms with Crippen molar-refractivity contribution in [2.24, 2.45) is 0 Å². The van der Waals surface area contributed by atoms with E-state index in [-0.39, 0.29) is 11.9 Å². The first kappa shape index (κ1) is 15.7. The Morgan fingerprint density at radius 2 is 2.17 bits per heavy atom. The number of hydrogen-bond acceptors (Lipinski definition) is 3. The van der Waals surface area contributed by atoms with E-state index in [1.165, 1.54) is 5.56 Å². The number of nitrogens with zero attached hydrogens (tertiary/aromatic N) is 2. The number of aromatic nitrogens is 2. The summed E-state index contributed by atoms with van der Waals surface area (Å²) in [5.41, 5.74) is 2.75. The molecule has 1 aromatic heterocycles. The van der Waals surface area contributed by atoms with E-state index >= 15 is 0 Å². The van der Waals surface area contributed by atoms with Gasteiger partial charge in [0.15, 0.2) is 0 Å². The van der Waals surface area contributed by atoms with Gasteiger partial charge in [-0.3, -0.25) is 9.48 Å². The molecule has 1 fully saturated rings. The summed E-state index contributed by atoms with van der Waals surface area (Å²) in [5, 5.41) is 10.9. The van der Waals surface area contributed by atoms with Gasteiger partial charge in [-0.05, 0) is 38.8 Å². The summed E-state index contributed by atoms with van der Waals surface area (Å²) in [6, 6.07) is 10.7. The van der Waals surface area contributed by atoms with Gasteiger partial charge < -0.3 is 10.6 Å². The Bertz CT molecular complexity index is 665. The van der Waals surface area contributed by atoms with E-state index in [2.05, 4.69) is 34.8 Å². The number of carbonyl (C=O) groups excluding carboxylic acids is 1. The second-order valence-electron chi connectivity index (χ2n) is 6.25. The summed E-state index contributed by atoms with van der Waals surface area (Å²) in [7, 11) is 0. The molecular formula is C18H24N4O. The van der Waals surface area contributed by atoms with Crippen molar-refractivity contribution in [1.82, 2.24) is 20.4 Å². The third kappa shape index (κ3) is 3.62. The highest BCUT2D eigenvalue weighted by Gasteiger charge is 2.24. The van der Waals surface area contributed by atoms with Gasteiger partial charge in [0.05, 0.1) is 18.3 Å². The fraction of sp³-hybridized carbons (Fsp3) is 0.444. The maximum Gasteiger partial charge on any atom is 0.255 e. The fourth-order valence-electron chi connectivity index (χ4n) is 3.07. The quantitative estimate of drug-likeness (QED) is 0.909. The van der Waals surface area contributed by atoms with Crippen LogP contribution in [0.4, 0.5) is 0 Å². The molecule has 1 aliphatic rings. The lowest BCUT2D eigenvalue weighted by atomic mass is 9.99. The van der Waals surface area contributed by atoms with Crippen molar-refractivity contribution in [2.45, 2.75) is 45.3 Å². The molecule has 5 heteroatoms. The topological polar surface area (TPSA) is 59.0 Å². The summed E-state index contributed by atoms with van der Waals surface area (Å²) >= 11 is 0. The summed E-state index contributed by atoms with van der Waals surface area (Å²) in [4.78, 5) is 12.6. The van der Waals surface area contributed by atoms with Gasteiger partial charge in [-0.2, -0.15) is 5.10 Å². The van der Waals surface area contributed by atoms with Crippen LogP contribution in [0.1, 0.15) is 41.4 Å². The van der Waals surface area contributed by atoms with Crippen LogP contribution in [-0.2, 0) is 6.54 Å². The summed E-state index contributed by atoms with van der Waals surface area (Å²) in [6.45, 7) is 5.78. The van der Waals surface area contributed by atoms with E-state index in [0.717, 1.165) is 25.1 Å². The molecule has 0 bridgehead atoms. The predicted octanol–water partition coefficient (Wildman–Crippen LogP) is 2.11. The first-order valence-corrected chi connectivity index (χ1v) is 8.25. The highest BCUT2D eigenvalue weighted by atomic mass is 16.1. The van der Waals surface area contributed by atoms with Gasteiger partial charge in [-0.25, -0.2) is 0 Å². The maximum absolute atomic E-state index is 12.6. The van der Waals surface area contributed by atoms with E-state index in [1.54, 1.807) is 6.20 Å². The molecule has 122 valence electrons. The van der Waals surface area contributed by atoms with Gasteiger partial charge in [-0.1, -0.05) is 30.3 Å². The second kappa shape index (κ2) is 6.96. The number of piperidine rings is 1. The van der Waals surface area contributed by atoms with E-state index in [0.29, 0.717) is 18.2 Å². The average molecular weight is 312 g/mol. The van der Waals surface area contributed by atoms with Gasteiger partial charge in [0.1, 0.15) is 0 Å². The van der Waals surface area contributed by atoms with Crippen molar-refractivity contribution in [3.05, 3.63) is 53.3 Å². The molecule has 2 N–H and O–H groups in total. The Kier molecular flexibility index (Phi) is 4.76. The molecule has 2 unspecified atom stereocenters. The van der Waals surface area contributed by atoms with E-state index < -0.39 is 0 Å². The van der Waals surface area contributed by atoms with Gasteiger partial charge in [0.2, 0.25) is 0 Å². The molecule has 1 saturated heterocycles. The molecule has 5 nitrogen and oxygen atoms in total. The molecule has 3 rings (SSSR count). The Morgan fingerprint density at radius 3 is 2.91 bits per heavy atom. The molecule has 2 aromatic rings. The van der Waals surface area contributed by atoms with E-state index in [4.69, 9.17) is 0 Å². The molecule has 0 aliphatic carbocycles. The van der Waals surface area contributed by atoms with Gasteiger partial charge in [0.25, 0.3) is 5.91 Å². The predicted molar refractivity (Wildman–Crippen MR) is 90.5 cm³/mol. The minimum Gasteiger partial charge on any atom is -0.348 e. The highest BCUT2D eigenvalue weighted by Crippen LogP contribution is 2.13. The summed E-state index contributed by atoms with van der Waals surface area (Å²) in [6.07, 6.45) is 3.80. The lowest BCUT2D eigenvalue weighted by Gasteiger charge is -2.30. The normalized spacial score (nSPS) is 21.1. The average Bonchev–Trinajstić information content (AvgIpc) is 2.92. The lowest BCUT2D eigenvalue weighted by molar-refractivity contribution is 0.0919. The van der Waals surface area contributed by atoms with Crippen molar-refractivity contribution >= 4 is 5.91 Å². The Labute approximate surface area is 137 Å². The molecule has 0 radical (unpaired) electrons. The van der Waals surface area contributed by atoms with Crippen molar-refractivity contribution in [1.29, 1.82) is 0 Å². The van der Waals surface area contributed by atoms with Crippen LogP contribution < -0.4 is 10.6 Å². The summed E-state index contributed by atoms with van der Waals surface area (Å²) in [5.74, 6) is -0.0256. The Morgan fingerprint density at radius 1 is 1.39 bits per heavy atom. The molecule has 23 heavy (non-hydrogen) atoms. The zero-order chi connectivity index (χ0) is 16.2. The van der Waals surface area contributed by atoms with E-state index in [9.17, 15) is 4.79 Å². The van der Waals surface area contributed by atoms with Crippen LogP contribution in [0, 0.1) is 6.92 Å². The lowest BCUT2D eigenvalue weighted by Crippen LogP contribution is -2.51. The molecular weight excluding hydrogens is 288 g/mol. The van der Waals surface area contributed by atoms with E-state index in [1.807, 2.05) is 29.8 Å². The van der Waals surface area contributed by atoms with Crippen LogP contribution in [-0.4, -0.2) is 34.3 Å². The van der Waals surface area contributed by atoms with Crippen molar-refractivity contribution < 1.29 is 4.79 Å². The van der Waals surface area contributed by atoms with Crippen molar-refractivity contribution in [3.8, 4) is 0 Å². The minimum absolute atomic E-state index is 0.0256. The van der Waals surface area contributed by atoms with Crippen LogP contribution >= 0.6 is 0 Å². The summed E-state index contributed by atoms with van der Waals surface area (Å²) < 4.78 is 1.88. The van der Waals surface area contributed by atoms with Crippen LogP contribution in [0.2, 0.25) is 0 Å². The monoisotopic (exact) mass is 312 g/mol. The standard InChI is InChI=1S/C18H24N4O/c1-13-17(9-6-10-19-13)21-18(23)16-11-20-22(14(16)2)12-15-7-4-3-5-8-15/h3-5,7-8,11,13,17,19H,6,9-10,12H2,1-2H3,(H,21,23). The minimum atomic E-state index is -0.0256. The van der Waals surface area contributed by atoms with Crippen molar-refractivity contribution in [3.63, 3.8) is 0 Å². The molecule has 0 spiro atoms. The number of carbonyl (C=O) groups is 1. The molecule has 2 atom stereocenters. The van der Waals surface area contributed by atoms with Crippen LogP contribution in [0.15, 0.2) is 36.5 Å². The third-order valence-corrected chi connectivity index (χ3v) is 4.60. The third-order valence-electron chi connectivity index (χ3n) is 4.60. The number of hydrogen-bond donors (Lipinski definition) is 2. The molecule has 1 aliphatic heterocycles. The largest absolute Gasteiger partial charge is 0.348 e. The first-order valence-electron chi connectivity index (χ1n) is 8.25. The maximum atomic E-state index is 12.6. The number of benzene rings is 1. The van der Waals surface area contributed by atoms with Crippen molar-refractivity contribution in [2.75, 3.05) is 6.54 Å². The number of amides is 1. The van der Waals surface area contributed by atoms with Crippen LogP contribution in [0.25, 0.3) is 0 Å². The zero-order valence-electron chi connectivity index (χ0n) is 13.7. The van der Waals surface area contributed by atoms with Crippen LogP contribution in [0.5, 0.6) is 0 Å². The number of nitrogens with one attached hydrogen (secondary N) is 2. The molecule has 1 amide bonds.